The maximum absolute atomic E-state index is 6.06. The molecule has 0 saturated carbocycles. The minimum Gasteiger partial charge on any atom is -0.467 e. The van der Waals surface area contributed by atoms with Gasteiger partial charge < -0.3 is 9.47 Å². The third-order valence-corrected chi connectivity index (χ3v) is 3.62. The van der Waals surface area contributed by atoms with Gasteiger partial charge in [-0.1, -0.05) is 11.6 Å². The van der Waals surface area contributed by atoms with Crippen molar-refractivity contribution in [2.45, 2.75) is 13.8 Å². The molecule has 0 aromatic heterocycles. The Hall–Kier alpha value is -0.250. The monoisotopic (exact) mass is 278 g/mol. The van der Waals surface area contributed by atoms with Gasteiger partial charge in [-0.2, -0.15) is 0 Å². The molecule has 0 radical (unpaired) electrons. The summed E-state index contributed by atoms with van der Waals surface area (Å²) in [5.74, 6) is 0.792. The number of hydrogen-bond donors (Lipinski definition) is 0. The lowest BCUT2D eigenvalue weighted by molar-refractivity contribution is 0.0505. The molecule has 0 bridgehead atoms. The summed E-state index contributed by atoms with van der Waals surface area (Å²) in [5.41, 5.74) is 1.97. The van der Waals surface area contributed by atoms with Crippen molar-refractivity contribution in [3.05, 3.63) is 26.7 Å². The summed E-state index contributed by atoms with van der Waals surface area (Å²) < 4.78 is 11.1. The summed E-state index contributed by atoms with van der Waals surface area (Å²) in [7, 11) is 1.59. The Kier molecular flexibility index (Phi) is 4.23. The predicted octanol–water partition coefficient (Wildman–Crippen LogP) is 3.70. The fourth-order valence-electron chi connectivity index (χ4n) is 1.09. The molecule has 78 valence electrons. The third-order valence-electron chi connectivity index (χ3n) is 1.92. The van der Waals surface area contributed by atoms with Crippen molar-refractivity contribution in [1.29, 1.82) is 0 Å². The van der Waals surface area contributed by atoms with Crippen LogP contribution >= 0.6 is 27.5 Å². The Morgan fingerprint density at radius 2 is 2.07 bits per heavy atom. The van der Waals surface area contributed by atoms with Crippen LogP contribution in [-0.2, 0) is 4.74 Å². The predicted molar refractivity (Wildman–Crippen MR) is 61.1 cm³/mol. The van der Waals surface area contributed by atoms with Crippen LogP contribution < -0.4 is 4.74 Å². The van der Waals surface area contributed by atoms with Gasteiger partial charge in [0.25, 0.3) is 0 Å². The summed E-state index contributed by atoms with van der Waals surface area (Å²) in [6, 6.07) is 1.90. The van der Waals surface area contributed by atoms with E-state index in [1.807, 2.05) is 19.9 Å². The third kappa shape index (κ3) is 2.41. The molecule has 0 amide bonds. The van der Waals surface area contributed by atoms with Gasteiger partial charge in [0.2, 0.25) is 0 Å². The van der Waals surface area contributed by atoms with E-state index in [1.54, 1.807) is 7.11 Å². The molecule has 14 heavy (non-hydrogen) atoms. The van der Waals surface area contributed by atoms with Crippen LogP contribution in [0.4, 0.5) is 0 Å². The first-order valence-corrected chi connectivity index (χ1v) is 5.32. The van der Waals surface area contributed by atoms with Crippen LogP contribution in [0.2, 0.25) is 5.02 Å². The van der Waals surface area contributed by atoms with Gasteiger partial charge in [-0.25, -0.2) is 0 Å². The lowest BCUT2D eigenvalue weighted by Gasteiger charge is -2.12. The summed E-state index contributed by atoms with van der Waals surface area (Å²) in [6.45, 7) is 4.13. The van der Waals surface area contributed by atoms with E-state index < -0.39 is 0 Å². The number of halogens is 2. The molecule has 0 aliphatic carbocycles. The maximum atomic E-state index is 6.06. The van der Waals surface area contributed by atoms with E-state index in [0.29, 0.717) is 0 Å². The first-order valence-electron chi connectivity index (χ1n) is 4.15. The van der Waals surface area contributed by atoms with Crippen molar-refractivity contribution in [1.82, 2.24) is 0 Å². The van der Waals surface area contributed by atoms with Crippen molar-refractivity contribution in [2.24, 2.45) is 0 Å². The number of methoxy groups -OCH3 is 1. The van der Waals surface area contributed by atoms with Crippen molar-refractivity contribution < 1.29 is 9.47 Å². The lowest BCUT2D eigenvalue weighted by Crippen LogP contribution is -2.01. The second-order valence-corrected chi connectivity index (χ2v) is 4.17. The molecule has 0 unspecified atom stereocenters. The molecule has 1 aromatic carbocycles. The van der Waals surface area contributed by atoms with Gasteiger partial charge in [0.15, 0.2) is 6.79 Å². The molecule has 0 atom stereocenters. The minimum atomic E-state index is 0.244. The quantitative estimate of drug-likeness (QED) is 0.786. The molecule has 0 fully saturated rings. The van der Waals surface area contributed by atoms with Crippen LogP contribution in [0, 0.1) is 13.8 Å². The molecule has 1 aromatic rings. The normalized spacial score (nSPS) is 10.4. The minimum absolute atomic E-state index is 0.244. The number of aryl methyl sites for hydroxylation is 1. The number of benzene rings is 1. The van der Waals surface area contributed by atoms with Crippen LogP contribution in [0.3, 0.4) is 0 Å². The molecule has 0 aliphatic heterocycles. The Bertz CT molecular complexity index is 339. The van der Waals surface area contributed by atoms with Gasteiger partial charge in [0.05, 0.1) is 5.02 Å². The summed E-state index contributed by atoms with van der Waals surface area (Å²) in [4.78, 5) is 0. The van der Waals surface area contributed by atoms with Crippen LogP contribution in [0.5, 0.6) is 5.75 Å². The zero-order valence-electron chi connectivity index (χ0n) is 8.36. The van der Waals surface area contributed by atoms with E-state index in [2.05, 4.69) is 15.9 Å². The van der Waals surface area contributed by atoms with E-state index in [1.165, 1.54) is 0 Å². The average Bonchev–Trinajstić information content (AvgIpc) is 2.18. The van der Waals surface area contributed by atoms with E-state index in [4.69, 9.17) is 21.1 Å². The van der Waals surface area contributed by atoms with Crippen molar-refractivity contribution in [3.63, 3.8) is 0 Å². The molecule has 4 heteroatoms. The van der Waals surface area contributed by atoms with Gasteiger partial charge in [0, 0.05) is 17.1 Å². The van der Waals surface area contributed by atoms with Gasteiger partial charge in [0.1, 0.15) is 5.75 Å². The number of ether oxygens (including phenoxy) is 2. The zero-order valence-corrected chi connectivity index (χ0v) is 10.7. The SMILES string of the molecule is COCOc1cc(C)c(Cl)c(Br)c1C. The van der Waals surface area contributed by atoms with Gasteiger partial charge in [-0.05, 0) is 41.4 Å². The highest BCUT2D eigenvalue weighted by atomic mass is 79.9. The summed E-state index contributed by atoms with van der Waals surface area (Å²) in [6.07, 6.45) is 0. The molecule has 0 spiro atoms. The van der Waals surface area contributed by atoms with Gasteiger partial charge >= 0.3 is 0 Å². The highest BCUT2D eigenvalue weighted by Crippen LogP contribution is 2.35. The molecular weight excluding hydrogens is 267 g/mol. The average molecular weight is 280 g/mol. The maximum Gasteiger partial charge on any atom is 0.188 e. The van der Waals surface area contributed by atoms with Crippen molar-refractivity contribution in [3.8, 4) is 5.75 Å². The fourth-order valence-corrected chi connectivity index (χ4v) is 1.79. The standard InChI is InChI=1S/C10H12BrClO2/c1-6-4-8(14-5-13-3)7(2)9(11)10(6)12/h4H,5H2,1-3H3. The molecule has 0 N–H and O–H groups in total. The van der Waals surface area contributed by atoms with Gasteiger partial charge in [-0.3, -0.25) is 0 Å². The highest BCUT2D eigenvalue weighted by molar-refractivity contribution is 9.10. The largest absolute Gasteiger partial charge is 0.467 e. The van der Waals surface area contributed by atoms with Crippen molar-refractivity contribution in [2.75, 3.05) is 13.9 Å². The topological polar surface area (TPSA) is 18.5 Å². The first-order chi connectivity index (χ1) is 6.57. The van der Waals surface area contributed by atoms with E-state index >= 15 is 0 Å². The molecular formula is C10H12BrClO2. The molecule has 0 heterocycles. The highest BCUT2D eigenvalue weighted by Gasteiger charge is 2.10. The molecule has 0 saturated heterocycles. The smallest absolute Gasteiger partial charge is 0.188 e. The Morgan fingerprint density at radius 3 is 2.64 bits per heavy atom. The van der Waals surface area contributed by atoms with Gasteiger partial charge in [-0.15, -0.1) is 0 Å². The van der Waals surface area contributed by atoms with Crippen LogP contribution in [0.15, 0.2) is 10.5 Å². The number of rotatable bonds is 3. The summed E-state index contributed by atoms with van der Waals surface area (Å²) >= 11 is 9.48. The fraction of sp³-hybridized carbons (Fsp3) is 0.400. The lowest BCUT2D eigenvalue weighted by atomic mass is 10.1. The van der Waals surface area contributed by atoms with E-state index in [0.717, 1.165) is 26.4 Å². The van der Waals surface area contributed by atoms with Crippen LogP contribution in [-0.4, -0.2) is 13.9 Å². The zero-order chi connectivity index (χ0) is 10.7. The Labute approximate surface area is 97.3 Å². The second-order valence-electron chi connectivity index (χ2n) is 3.00. The van der Waals surface area contributed by atoms with E-state index in [-0.39, 0.29) is 6.79 Å². The van der Waals surface area contributed by atoms with Crippen molar-refractivity contribution >= 4 is 27.5 Å². The van der Waals surface area contributed by atoms with Crippen LogP contribution in [0.25, 0.3) is 0 Å². The Balaban J connectivity index is 3.06. The first kappa shape index (κ1) is 11.8. The Morgan fingerprint density at radius 1 is 1.43 bits per heavy atom. The van der Waals surface area contributed by atoms with E-state index in [9.17, 15) is 0 Å². The molecule has 0 aliphatic rings. The summed E-state index contributed by atoms with van der Waals surface area (Å²) in [5, 5.41) is 0.729. The molecule has 2 nitrogen and oxygen atoms in total. The molecule has 1 rings (SSSR count). The second kappa shape index (κ2) is 5.01. The van der Waals surface area contributed by atoms with Crippen LogP contribution in [0.1, 0.15) is 11.1 Å². The number of hydrogen-bond acceptors (Lipinski definition) is 2.